The normalized spacial score (nSPS) is 25.1. The first kappa shape index (κ1) is 6.39. The Hall–Kier alpha value is 0.270. The second-order valence-electron chi connectivity index (χ2n) is 2.09. The van der Waals surface area contributed by atoms with Crippen molar-refractivity contribution in [2.24, 2.45) is 0 Å². The van der Waals surface area contributed by atoms with Crippen LogP contribution >= 0.6 is 12.8 Å². The van der Waals surface area contributed by atoms with Crippen molar-refractivity contribution in [2.45, 2.75) is 19.3 Å². The molecule has 48 valence electrons. The number of nitrogens with zero attached hydrogens (tertiary/aromatic N) is 1. The van der Waals surface area contributed by atoms with Crippen molar-refractivity contribution in [3.05, 3.63) is 0 Å². The van der Waals surface area contributed by atoms with Crippen LogP contribution in [0.5, 0.6) is 0 Å². The maximum absolute atomic E-state index is 4.15. The van der Waals surface area contributed by atoms with E-state index in [0.717, 1.165) is 13.1 Å². The van der Waals surface area contributed by atoms with Crippen LogP contribution in [0.3, 0.4) is 0 Å². The molecule has 1 heterocycles. The van der Waals surface area contributed by atoms with Gasteiger partial charge in [0.1, 0.15) is 0 Å². The molecule has 0 radical (unpaired) electrons. The first-order chi connectivity index (χ1) is 3.89. The Morgan fingerprint density at radius 3 is 3.00 bits per heavy atom. The number of hydrazine groups is 1. The largest absolute Gasteiger partial charge is 0.246 e. The molecule has 0 bridgehead atoms. The molecular weight excluding hydrogens is 120 g/mol. The third-order valence-corrected chi connectivity index (χ3v) is 1.68. The minimum Gasteiger partial charge on any atom is -0.246 e. The smallest absolute Gasteiger partial charge is 0.0242 e. The van der Waals surface area contributed by atoms with Gasteiger partial charge >= 0.3 is 0 Å². The van der Waals surface area contributed by atoms with Gasteiger partial charge < -0.3 is 0 Å². The zero-order valence-corrected chi connectivity index (χ0v) is 5.82. The molecule has 3 heteroatoms. The fraction of sp³-hybridized carbons (Fsp3) is 1.00. The van der Waals surface area contributed by atoms with Crippen molar-refractivity contribution < 1.29 is 0 Å². The molecule has 0 unspecified atom stereocenters. The second-order valence-corrected chi connectivity index (χ2v) is 2.57. The molecule has 0 amide bonds. The summed E-state index contributed by atoms with van der Waals surface area (Å²) in [6, 6.07) is 0. The lowest BCUT2D eigenvalue weighted by Crippen LogP contribution is -2.28. The lowest BCUT2D eigenvalue weighted by molar-refractivity contribution is 0.382. The Kier molecular flexibility index (Phi) is 2.66. The van der Waals surface area contributed by atoms with Gasteiger partial charge in [-0.2, -0.15) is 4.41 Å². The van der Waals surface area contributed by atoms with Crippen molar-refractivity contribution in [3.63, 3.8) is 0 Å². The second kappa shape index (κ2) is 3.33. The van der Waals surface area contributed by atoms with Crippen molar-refractivity contribution in [1.82, 2.24) is 9.84 Å². The molecule has 1 rings (SSSR count). The average Bonchev–Trinajstić information content (AvgIpc) is 1.94. The summed E-state index contributed by atoms with van der Waals surface area (Å²) in [5, 5.41) is 0. The van der Waals surface area contributed by atoms with Crippen LogP contribution in [0.25, 0.3) is 0 Å². The Morgan fingerprint density at radius 1 is 1.25 bits per heavy atom. The fourth-order valence-electron chi connectivity index (χ4n) is 0.851. The molecule has 0 aromatic heterocycles. The van der Waals surface area contributed by atoms with Crippen LogP contribution < -0.4 is 5.43 Å². The van der Waals surface area contributed by atoms with Gasteiger partial charge in [0.15, 0.2) is 0 Å². The van der Waals surface area contributed by atoms with Crippen molar-refractivity contribution >= 4 is 12.8 Å². The lowest BCUT2D eigenvalue weighted by atomic mass is 10.2. The average molecular weight is 132 g/mol. The minimum atomic E-state index is 1.07. The summed E-state index contributed by atoms with van der Waals surface area (Å²) in [5.41, 5.74) is 3.14. The van der Waals surface area contributed by atoms with Crippen molar-refractivity contribution in [1.29, 1.82) is 0 Å². The van der Waals surface area contributed by atoms with E-state index in [-0.39, 0.29) is 0 Å². The molecule has 1 N–H and O–H groups in total. The molecule has 1 saturated heterocycles. The predicted octanol–water partition coefficient (Wildman–Crippen LogP) is 0.822. The third-order valence-electron chi connectivity index (χ3n) is 1.34. The van der Waals surface area contributed by atoms with Crippen LogP contribution in [-0.2, 0) is 0 Å². The molecule has 1 aliphatic heterocycles. The lowest BCUT2D eigenvalue weighted by Gasteiger charge is -2.10. The fourth-order valence-corrected chi connectivity index (χ4v) is 1.09. The summed E-state index contributed by atoms with van der Waals surface area (Å²) in [7, 11) is 0. The van der Waals surface area contributed by atoms with E-state index in [0.29, 0.717) is 0 Å². The van der Waals surface area contributed by atoms with Crippen LogP contribution in [0.2, 0.25) is 0 Å². The van der Waals surface area contributed by atoms with Gasteiger partial charge in [-0.25, -0.2) is 5.43 Å². The summed E-state index contributed by atoms with van der Waals surface area (Å²) in [4.78, 5) is 0. The number of hydrogen-bond donors (Lipinski definition) is 2. The molecular formula is C5H12N2S. The van der Waals surface area contributed by atoms with E-state index in [1.807, 2.05) is 4.41 Å². The molecule has 8 heavy (non-hydrogen) atoms. The van der Waals surface area contributed by atoms with E-state index in [9.17, 15) is 0 Å². The summed E-state index contributed by atoms with van der Waals surface area (Å²) < 4.78 is 1.87. The quantitative estimate of drug-likeness (QED) is 0.474. The van der Waals surface area contributed by atoms with Gasteiger partial charge in [0.05, 0.1) is 0 Å². The first-order valence-electron chi connectivity index (χ1n) is 3.09. The van der Waals surface area contributed by atoms with Gasteiger partial charge in [0, 0.05) is 13.1 Å². The highest BCUT2D eigenvalue weighted by Crippen LogP contribution is 2.02. The van der Waals surface area contributed by atoms with Gasteiger partial charge in [-0.05, 0) is 12.8 Å². The Bertz CT molecular complexity index is 59.4. The molecule has 0 saturated carbocycles. The van der Waals surface area contributed by atoms with Crippen LogP contribution in [0.15, 0.2) is 0 Å². The molecule has 0 spiro atoms. The van der Waals surface area contributed by atoms with Gasteiger partial charge in [-0.15, -0.1) is 0 Å². The maximum atomic E-state index is 4.15. The monoisotopic (exact) mass is 132 g/mol. The van der Waals surface area contributed by atoms with Crippen molar-refractivity contribution in [3.8, 4) is 0 Å². The van der Waals surface area contributed by atoms with E-state index in [2.05, 4.69) is 18.2 Å². The first-order valence-corrected chi connectivity index (χ1v) is 3.49. The van der Waals surface area contributed by atoms with Crippen LogP contribution in [-0.4, -0.2) is 17.5 Å². The highest BCUT2D eigenvalue weighted by Gasteiger charge is 2.01. The molecule has 1 fully saturated rings. The topological polar surface area (TPSA) is 15.3 Å². The number of thiol groups is 1. The minimum absolute atomic E-state index is 1.07. The van der Waals surface area contributed by atoms with Crippen molar-refractivity contribution in [2.75, 3.05) is 13.1 Å². The summed E-state index contributed by atoms with van der Waals surface area (Å²) in [6.07, 6.45) is 3.90. The summed E-state index contributed by atoms with van der Waals surface area (Å²) >= 11 is 4.15. The zero-order chi connectivity index (χ0) is 5.82. The van der Waals surface area contributed by atoms with E-state index >= 15 is 0 Å². The van der Waals surface area contributed by atoms with E-state index in [1.54, 1.807) is 0 Å². The van der Waals surface area contributed by atoms with Gasteiger partial charge in [0.2, 0.25) is 0 Å². The SMILES string of the molecule is SN1CCCCCN1. The number of nitrogens with one attached hydrogen (secondary N) is 1. The van der Waals surface area contributed by atoms with E-state index < -0.39 is 0 Å². The van der Waals surface area contributed by atoms with Gasteiger partial charge in [0.25, 0.3) is 0 Å². The van der Waals surface area contributed by atoms with Crippen LogP contribution in [0.1, 0.15) is 19.3 Å². The summed E-state index contributed by atoms with van der Waals surface area (Å²) in [6.45, 7) is 2.16. The number of rotatable bonds is 0. The third kappa shape index (κ3) is 2.03. The summed E-state index contributed by atoms with van der Waals surface area (Å²) in [5.74, 6) is 0. The standard InChI is InChI=1S/C5H12N2S/c8-7-5-3-1-2-4-6-7/h6,8H,1-5H2. The maximum Gasteiger partial charge on any atom is 0.0242 e. The number of hydrogen-bond acceptors (Lipinski definition) is 3. The molecule has 1 aliphatic rings. The molecule has 0 aromatic rings. The molecule has 0 aromatic carbocycles. The highest BCUT2D eigenvalue weighted by atomic mass is 32.1. The van der Waals surface area contributed by atoms with Crippen LogP contribution in [0, 0.1) is 0 Å². The Labute approximate surface area is 55.8 Å². The highest BCUT2D eigenvalue weighted by molar-refractivity contribution is 7.77. The molecule has 0 atom stereocenters. The van der Waals surface area contributed by atoms with E-state index in [4.69, 9.17) is 0 Å². The van der Waals surface area contributed by atoms with E-state index in [1.165, 1.54) is 19.3 Å². The predicted molar refractivity (Wildman–Crippen MR) is 37.5 cm³/mol. The Morgan fingerprint density at radius 2 is 2.12 bits per heavy atom. The zero-order valence-electron chi connectivity index (χ0n) is 4.93. The Balaban J connectivity index is 2.17. The molecule has 0 aliphatic carbocycles. The van der Waals surface area contributed by atoms with Gasteiger partial charge in [-0.1, -0.05) is 19.2 Å². The van der Waals surface area contributed by atoms with Gasteiger partial charge in [-0.3, -0.25) is 0 Å². The van der Waals surface area contributed by atoms with Crippen LogP contribution in [0.4, 0.5) is 0 Å². The molecule has 2 nitrogen and oxygen atoms in total.